The van der Waals surface area contributed by atoms with Gasteiger partial charge in [0.05, 0.1) is 41.1 Å². The zero-order valence-corrected chi connectivity index (χ0v) is 22.6. The number of rotatable bonds is 10. The summed E-state index contributed by atoms with van der Waals surface area (Å²) in [5.74, 6) is -0.728. The minimum Gasteiger partial charge on any atom is -0.465 e. The van der Waals surface area contributed by atoms with Crippen molar-refractivity contribution in [3.05, 3.63) is 96.1 Å². The minimum atomic E-state index is -1.20. The number of methoxy groups -OCH3 is 2. The van der Waals surface area contributed by atoms with E-state index in [4.69, 9.17) is 10.5 Å². The highest BCUT2D eigenvalue weighted by Gasteiger charge is 2.23. The Morgan fingerprint density at radius 2 is 1.42 bits per heavy atom. The van der Waals surface area contributed by atoms with Crippen molar-refractivity contribution in [2.45, 2.75) is 50.4 Å². The molecule has 36 heavy (non-hydrogen) atoms. The van der Waals surface area contributed by atoms with Crippen LogP contribution in [0.25, 0.3) is 0 Å². The van der Waals surface area contributed by atoms with Crippen LogP contribution < -0.4 is 10.5 Å². The van der Waals surface area contributed by atoms with E-state index in [0.29, 0.717) is 24.0 Å². The lowest BCUT2D eigenvalue weighted by Crippen LogP contribution is -2.35. The Bertz CT molecular complexity index is 1060. The standard InChI is InChI=1S/C16H23NO3S.C12H15NO2/c1-6-8-14(17-21(19)16(2,3)4)12-9-7-10-13(11-12)15(18)20-5;1-3-5-11(13)9-6-4-7-10(8-9)12(14)15-2/h6-7,9-11,14,17H,1,8H2,2-5H3;3-4,6-8,11H,1,5,13H2,2H3/t14-,21+;11-/m11/s1. The van der Waals surface area contributed by atoms with E-state index in [0.717, 1.165) is 11.1 Å². The third-order valence-electron chi connectivity index (χ3n) is 5.07. The number of nitrogens with one attached hydrogen (secondary N) is 1. The van der Waals surface area contributed by atoms with Crippen LogP contribution in [0.4, 0.5) is 0 Å². The Balaban J connectivity index is 0.000000381. The van der Waals surface area contributed by atoms with Gasteiger partial charge in [-0.1, -0.05) is 36.4 Å². The van der Waals surface area contributed by atoms with Gasteiger partial charge in [0.1, 0.15) is 0 Å². The van der Waals surface area contributed by atoms with Gasteiger partial charge in [0.2, 0.25) is 0 Å². The van der Waals surface area contributed by atoms with E-state index in [1.54, 1.807) is 48.6 Å². The van der Waals surface area contributed by atoms with E-state index in [9.17, 15) is 13.8 Å². The lowest BCUT2D eigenvalue weighted by Gasteiger charge is -2.24. The second-order valence-corrected chi connectivity index (χ2v) is 10.9. The monoisotopic (exact) mass is 514 g/mol. The number of benzene rings is 2. The van der Waals surface area contributed by atoms with Crippen molar-refractivity contribution in [1.29, 1.82) is 0 Å². The molecule has 2 rings (SSSR count). The molecule has 7 nitrogen and oxygen atoms in total. The predicted molar refractivity (Wildman–Crippen MR) is 146 cm³/mol. The number of ether oxygens (including phenoxy) is 2. The van der Waals surface area contributed by atoms with E-state index in [2.05, 4.69) is 22.6 Å². The second kappa shape index (κ2) is 15.1. The summed E-state index contributed by atoms with van der Waals surface area (Å²) in [6, 6.07) is 14.0. The number of hydrogen-bond donors (Lipinski definition) is 2. The Morgan fingerprint density at radius 1 is 0.944 bits per heavy atom. The zero-order valence-electron chi connectivity index (χ0n) is 21.8. The maximum absolute atomic E-state index is 12.3. The molecule has 2 aromatic rings. The number of hydrogen-bond acceptors (Lipinski definition) is 6. The van der Waals surface area contributed by atoms with Gasteiger partial charge in [-0.05, 0) is 69.0 Å². The molecule has 0 aromatic heterocycles. The van der Waals surface area contributed by atoms with Crippen molar-refractivity contribution in [3.63, 3.8) is 0 Å². The van der Waals surface area contributed by atoms with Crippen molar-refractivity contribution in [1.82, 2.24) is 4.72 Å². The highest BCUT2D eigenvalue weighted by molar-refractivity contribution is 7.84. The van der Waals surface area contributed by atoms with Crippen molar-refractivity contribution in [2.75, 3.05) is 14.2 Å². The molecule has 0 unspecified atom stereocenters. The van der Waals surface area contributed by atoms with Crippen molar-refractivity contribution < 1.29 is 23.3 Å². The van der Waals surface area contributed by atoms with Crippen LogP contribution in [0.1, 0.15) is 77.5 Å². The first-order valence-corrected chi connectivity index (χ1v) is 12.6. The Labute approximate surface area is 217 Å². The van der Waals surface area contributed by atoms with Crippen LogP contribution in [0.5, 0.6) is 0 Å². The molecule has 3 atom stereocenters. The fraction of sp³-hybridized carbons (Fsp3) is 0.357. The van der Waals surface area contributed by atoms with Gasteiger partial charge in [-0.3, -0.25) is 0 Å². The number of esters is 2. The van der Waals surface area contributed by atoms with E-state index in [1.807, 2.05) is 32.9 Å². The van der Waals surface area contributed by atoms with Crippen LogP contribution in [0.2, 0.25) is 0 Å². The van der Waals surface area contributed by atoms with Crippen LogP contribution in [0, 0.1) is 0 Å². The van der Waals surface area contributed by atoms with Gasteiger partial charge < -0.3 is 15.2 Å². The molecule has 0 aliphatic heterocycles. The molecule has 0 aliphatic carbocycles. The maximum atomic E-state index is 12.3. The molecule has 0 heterocycles. The van der Waals surface area contributed by atoms with Gasteiger partial charge >= 0.3 is 11.9 Å². The molecule has 0 amide bonds. The molecule has 196 valence electrons. The Morgan fingerprint density at radius 3 is 1.86 bits per heavy atom. The van der Waals surface area contributed by atoms with Crippen molar-refractivity contribution in [3.8, 4) is 0 Å². The van der Waals surface area contributed by atoms with Crippen LogP contribution >= 0.6 is 0 Å². The third kappa shape index (κ3) is 9.89. The van der Waals surface area contributed by atoms with Crippen LogP contribution in [-0.4, -0.2) is 35.1 Å². The average Bonchev–Trinajstić information content (AvgIpc) is 2.87. The molecule has 3 N–H and O–H groups in total. The molecule has 0 saturated heterocycles. The number of nitrogens with two attached hydrogens (primary N) is 1. The molecule has 2 aromatic carbocycles. The SMILES string of the molecule is C=CC[C@@H](N)c1cccc(C(=O)OC)c1.C=CC[C@@H](N[S@@](=O)C(C)(C)C)c1cccc(C(=O)OC)c1. The summed E-state index contributed by atoms with van der Waals surface area (Å²) in [5, 5.41) is 0. The molecule has 0 spiro atoms. The first-order valence-electron chi connectivity index (χ1n) is 11.5. The number of carbonyl (C=O) groups is 2. The number of carbonyl (C=O) groups excluding carboxylic acids is 2. The summed E-state index contributed by atoms with van der Waals surface area (Å²) in [4.78, 5) is 22.9. The summed E-state index contributed by atoms with van der Waals surface area (Å²) in [5.41, 5.74) is 8.69. The van der Waals surface area contributed by atoms with Gasteiger partial charge in [0.25, 0.3) is 0 Å². The molecular weight excluding hydrogens is 476 g/mol. The molecule has 0 saturated carbocycles. The molecule has 0 fully saturated rings. The lowest BCUT2D eigenvalue weighted by atomic mass is 10.0. The van der Waals surface area contributed by atoms with Gasteiger partial charge in [0.15, 0.2) is 0 Å². The van der Waals surface area contributed by atoms with Crippen LogP contribution in [-0.2, 0) is 20.5 Å². The molecule has 0 bridgehead atoms. The van der Waals surface area contributed by atoms with E-state index in [-0.39, 0.29) is 28.8 Å². The first kappa shape index (κ1) is 31.0. The second-order valence-electron chi connectivity index (χ2n) is 8.94. The molecule has 8 heteroatoms. The smallest absolute Gasteiger partial charge is 0.337 e. The van der Waals surface area contributed by atoms with E-state index < -0.39 is 11.0 Å². The normalized spacial score (nSPS) is 13.3. The van der Waals surface area contributed by atoms with Crippen molar-refractivity contribution >= 4 is 22.9 Å². The third-order valence-corrected chi connectivity index (χ3v) is 6.69. The van der Waals surface area contributed by atoms with Gasteiger partial charge in [-0.15, -0.1) is 13.2 Å². The fourth-order valence-electron chi connectivity index (χ4n) is 3.05. The Kier molecular flexibility index (Phi) is 13.0. The highest BCUT2D eigenvalue weighted by atomic mass is 32.2. The van der Waals surface area contributed by atoms with Crippen LogP contribution in [0.3, 0.4) is 0 Å². The van der Waals surface area contributed by atoms with Crippen LogP contribution in [0.15, 0.2) is 73.8 Å². The average molecular weight is 515 g/mol. The molecular formula is C28H38N2O5S. The summed E-state index contributed by atoms with van der Waals surface area (Å²) < 4.78 is 24.4. The predicted octanol–water partition coefficient (Wildman–Crippen LogP) is 5.19. The van der Waals surface area contributed by atoms with Crippen molar-refractivity contribution in [2.24, 2.45) is 5.73 Å². The first-order chi connectivity index (χ1) is 17.0. The zero-order chi connectivity index (χ0) is 27.3. The quantitative estimate of drug-likeness (QED) is 0.334. The minimum absolute atomic E-state index is 0.118. The lowest BCUT2D eigenvalue weighted by molar-refractivity contribution is 0.0591. The van der Waals surface area contributed by atoms with Gasteiger partial charge in [0, 0.05) is 12.1 Å². The van der Waals surface area contributed by atoms with Gasteiger partial charge in [-0.2, -0.15) is 0 Å². The van der Waals surface area contributed by atoms with E-state index in [1.165, 1.54) is 14.2 Å². The topological polar surface area (TPSA) is 108 Å². The molecule has 0 radical (unpaired) electrons. The summed E-state index contributed by atoms with van der Waals surface area (Å²) in [6.07, 6.45) is 4.83. The maximum Gasteiger partial charge on any atom is 0.337 e. The van der Waals surface area contributed by atoms with E-state index >= 15 is 0 Å². The highest BCUT2D eigenvalue weighted by Crippen LogP contribution is 2.22. The summed E-state index contributed by atoms with van der Waals surface area (Å²) >= 11 is 0. The molecule has 0 aliphatic rings. The summed E-state index contributed by atoms with van der Waals surface area (Å²) in [6.45, 7) is 13.1. The fourth-order valence-corrected chi connectivity index (χ4v) is 3.90. The summed E-state index contributed by atoms with van der Waals surface area (Å²) in [7, 11) is 1.51. The largest absolute Gasteiger partial charge is 0.465 e. The Hall–Kier alpha value is -3.07. The van der Waals surface area contributed by atoms with Gasteiger partial charge in [-0.25, -0.2) is 18.5 Å².